The number of nitrogens with zero attached hydrogens (tertiary/aromatic N) is 1. The molecule has 27 heavy (non-hydrogen) atoms. The Labute approximate surface area is 158 Å². The van der Waals surface area contributed by atoms with Crippen molar-refractivity contribution in [3.63, 3.8) is 0 Å². The highest BCUT2D eigenvalue weighted by atomic mass is 16.1. The van der Waals surface area contributed by atoms with Gasteiger partial charge in [0, 0.05) is 17.1 Å². The molecule has 1 N–H and O–H groups in total. The van der Waals surface area contributed by atoms with Crippen LogP contribution in [0.5, 0.6) is 0 Å². The SMILES string of the molecule is O=C(Nc1ccc(C=Cc2ccccc2)c2cccnc12)c1ccccc1. The van der Waals surface area contributed by atoms with Gasteiger partial charge >= 0.3 is 0 Å². The lowest BCUT2D eigenvalue weighted by molar-refractivity contribution is 0.102. The fourth-order valence-electron chi connectivity index (χ4n) is 2.98. The number of nitrogens with one attached hydrogen (secondary N) is 1. The summed E-state index contributed by atoms with van der Waals surface area (Å²) in [4.78, 5) is 17.0. The highest BCUT2D eigenvalue weighted by molar-refractivity contribution is 6.09. The van der Waals surface area contributed by atoms with Crippen LogP contribution in [-0.4, -0.2) is 10.9 Å². The fraction of sp³-hybridized carbons (Fsp3) is 0. The Kier molecular flexibility index (Phi) is 4.75. The summed E-state index contributed by atoms with van der Waals surface area (Å²) in [5.74, 6) is -0.143. The van der Waals surface area contributed by atoms with Crippen LogP contribution >= 0.6 is 0 Å². The molecule has 0 aliphatic rings. The minimum absolute atomic E-state index is 0.143. The normalized spacial score (nSPS) is 11.0. The van der Waals surface area contributed by atoms with Crippen molar-refractivity contribution in [1.29, 1.82) is 0 Å². The second kappa shape index (κ2) is 7.67. The summed E-state index contributed by atoms with van der Waals surface area (Å²) in [6.45, 7) is 0. The van der Waals surface area contributed by atoms with E-state index in [9.17, 15) is 4.79 Å². The third kappa shape index (κ3) is 3.77. The highest BCUT2D eigenvalue weighted by Gasteiger charge is 2.10. The highest BCUT2D eigenvalue weighted by Crippen LogP contribution is 2.26. The lowest BCUT2D eigenvalue weighted by atomic mass is 10.0. The lowest BCUT2D eigenvalue weighted by Gasteiger charge is -2.10. The summed E-state index contributed by atoms with van der Waals surface area (Å²) >= 11 is 0. The van der Waals surface area contributed by atoms with Crippen LogP contribution in [0.25, 0.3) is 23.1 Å². The molecule has 0 saturated carbocycles. The van der Waals surface area contributed by atoms with Gasteiger partial charge in [-0.25, -0.2) is 0 Å². The van der Waals surface area contributed by atoms with E-state index in [1.807, 2.05) is 60.7 Å². The van der Waals surface area contributed by atoms with E-state index in [1.165, 1.54) is 0 Å². The van der Waals surface area contributed by atoms with Crippen molar-refractivity contribution in [3.05, 3.63) is 108 Å². The van der Waals surface area contributed by atoms with E-state index < -0.39 is 0 Å². The van der Waals surface area contributed by atoms with Crippen LogP contribution in [0.15, 0.2) is 91.1 Å². The van der Waals surface area contributed by atoms with Gasteiger partial charge in [-0.2, -0.15) is 0 Å². The molecule has 0 radical (unpaired) electrons. The summed E-state index contributed by atoms with van der Waals surface area (Å²) < 4.78 is 0. The van der Waals surface area contributed by atoms with E-state index in [0.717, 1.165) is 22.0 Å². The molecular weight excluding hydrogens is 332 g/mol. The van der Waals surface area contributed by atoms with Crippen molar-refractivity contribution in [3.8, 4) is 0 Å². The molecule has 4 aromatic rings. The molecule has 0 unspecified atom stereocenters. The number of rotatable bonds is 4. The van der Waals surface area contributed by atoms with Crippen molar-refractivity contribution >= 4 is 34.6 Å². The number of hydrogen-bond acceptors (Lipinski definition) is 2. The average Bonchev–Trinajstić information content (AvgIpc) is 2.74. The van der Waals surface area contributed by atoms with E-state index in [0.29, 0.717) is 11.3 Å². The molecule has 0 spiro atoms. The first kappa shape index (κ1) is 16.7. The van der Waals surface area contributed by atoms with E-state index in [1.54, 1.807) is 18.3 Å². The largest absolute Gasteiger partial charge is 0.320 e. The molecule has 0 atom stereocenters. The lowest BCUT2D eigenvalue weighted by Crippen LogP contribution is -2.12. The van der Waals surface area contributed by atoms with Crippen LogP contribution in [-0.2, 0) is 0 Å². The molecule has 0 saturated heterocycles. The van der Waals surface area contributed by atoms with Gasteiger partial charge in [-0.1, -0.05) is 72.8 Å². The van der Waals surface area contributed by atoms with Gasteiger partial charge in [-0.15, -0.1) is 0 Å². The van der Waals surface area contributed by atoms with Crippen LogP contribution in [0, 0.1) is 0 Å². The Hall–Kier alpha value is -3.72. The van der Waals surface area contributed by atoms with Crippen molar-refractivity contribution in [2.45, 2.75) is 0 Å². The van der Waals surface area contributed by atoms with Crippen LogP contribution in [0.1, 0.15) is 21.5 Å². The van der Waals surface area contributed by atoms with E-state index in [-0.39, 0.29) is 5.91 Å². The van der Waals surface area contributed by atoms with Gasteiger partial charge in [0.1, 0.15) is 0 Å². The number of benzene rings is 3. The van der Waals surface area contributed by atoms with Gasteiger partial charge in [0.15, 0.2) is 0 Å². The zero-order chi connectivity index (χ0) is 18.5. The summed E-state index contributed by atoms with van der Waals surface area (Å²) in [7, 11) is 0. The molecule has 0 aliphatic heterocycles. The summed E-state index contributed by atoms with van der Waals surface area (Å²) in [5, 5.41) is 3.97. The summed E-state index contributed by atoms with van der Waals surface area (Å²) in [6, 6.07) is 27.2. The van der Waals surface area contributed by atoms with E-state index in [4.69, 9.17) is 0 Å². The predicted octanol–water partition coefficient (Wildman–Crippen LogP) is 5.66. The molecule has 130 valence electrons. The van der Waals surface area contributed by atoms with Gasteiger partial charge in [-0.3, -0.25) is 9.78 Å². The Morgan fingerprint density at radius 2 is 1.52 bits per heavy atom. The summed E-state index contributed by atoms with van der Waals surface area (Å²) in [5.41, 5.74) is 4.29. The number of aromatic nitrogens is 1. The van der Waals surface area contributed by atoms with E-state index in [2.05, 4.69) is 34.6 Å². The minimum atomic E-state index is -0.143. The fourth-order valence-corrected chi connectivity index (χ4v) is 2.98. The van der Waals surface area contributed by atoms with Crippen LogP contribution < -0.4 is 5.32 Å². The molecule has 1 heterocycles. The molecule has 0 fully saturated rings. The number of amides is 1. The smallest absolute Gasteiger partial charge is 0.255 e. The first-order chi connectivity index (χ1) is 13.3. The number of pyridine rings is 1. The van der Waals surface area contributed by atoms with Crippen LogP contribution in [0.3, 0.4) is 0 Å². The van der Waals surface area contributed by atoms with Gasteiger partial charge in [0.25, 0.3) is 5.91 Å². The quantitative estimate of drug-likeness (QED) is 0.483. The molecule has 1 aromatic heterocycles. The molecule has 0 bridgehead atoms. The van der Waals surface area contributed by atoms with Gasteiger partial charge in [-0.05, 0) is 35.4 Å². The topological polar surface area (TPSA) is 42.0 Å². The predicted molar refractivity (Wildman–Crippen MR) is 112 cm³/mol. The van der Waals surface area contributed by atoms with Crippen molar-refractivity contribution in [1.82, 2.24) is 4.98 Å². The van der Waals surface area contributed by atoms with E-state index >= 15 is 0 Å². The van der Waals surface area contributed by atoms with Crippen LogP contribution in [0.4, 0.5) is 5.69 Å². The Morgan fingerprint density at radius 1 is 0.778 bits per heavy atom. The maximum Gasteiger partial charge on any atom is 0.255 e. The van der Waals surface area contributed by atoms with Gasteiger partial charge in [0.05, 0.1) is 11.2 Å². The minimum Gasteiger partial charge on any atom is -0.320 e. The first-order valence-electron chi connectivity index (χ1n) is 8.78. The number of hydrogen-bond donors (Lipinski definition) is 1. The molecule has 3 nitrogen and oxygen atoms in total. The first-order valence-corrected chi connectivity index (χ1v) is 8.78. The Balaban J connectivity index is 1.68. The van der Waals surface area contributed by atoms with Crippen molar-refractivity contribution in [2.24, 2.45) is 0 Å². The average molecular weight is 350 g/mol. The second-order valence-corrected chi connectivity index (χ2v) is 6.17. The third-order valence-electron chi connectivity index (χ3n) is 4.34. The Morgan fingerprint density at radius 3 is 2.30 bits per heavy atom. The number of carbonyl (C=O) groups excluding carboxylic acids is 1. The standard InChI is InChI=1S/C24H18N2O/c27-24(20-10-5-2-6-11-20)26-22-16-15-19(21-12-7-17-25-23(21)22)14-13-18-8-3-1-4-9-18/h1-17H,(H,26,27). The number of anilines is 1. The molecule has 3 heteroatoms. The van der Waals surface area contributed by atoms with Gasteiger partial charge in [0.2, 0.25) is 0 Å². The van der Waals surface area contributed by atoms with Gasteiger partial charge < -0.3 is 5.32 Å². The van der Waals surface area contributed by atoms with Crippen LogP contribution in [0.2, 0.25) is 0 Å². The maximum atomic E-state index is 12.5. The molecule has 3 aromatic carbocycles. The maximum absolute atomic E-state index is 12.5. The summed E-state index contributed by atoms with van der Waals surface area (Å²) in [6.07, 6.45) is 5.89. The zero-order valence-corrected chi connectivity index (χ0v) is 14.7. The molecule has 1 amide bonds. The zero-order valence-electron chi connectivity index (χ0n) is 14.7. The molecule has 4 rings (SSSR count). The monoisotopic (exact) mass is 350 g/mol. The number of fused-ring (bicyclic) bond motifs is 1. The Bertz CT molecular complexity index is 1100. The van der Waals surface area contributed by atoms with Crippen molar-refractivity contribution in [2.75, 3.05) is 5.32 Å². The molecular formula is C24H18N2O. The number of carbonyl (C=O) groups is 1. The second-order valence-electron chi connectivity index (χ2n) is 6.17. The third-order valence-corrected chi connectivity index (χ3v) is 4.34. The molecule has 0 aliphatic carbocycles. The van der Waals surface area contributed by atoms with Crippen molar-refractivity contribution < 1.29 is 4.79 Å².